The molecule has 0 aliphatic heterocycles. The highest BCUT2D eigenvalue weighted by atomic mass is 16.3. The summed E-state index contributed by atoms with van der Waals surface area (Å²) < 4.78 is 2.03. The maximum atomic E-state index is 11.9. The van der Waals surface area contributed by atoms with Crippen LogP contribution in [0.2, 0.25) is 0 Å². The highest BCUT2D eigenvalue weighted by Gasteiger charge is 2.10. The fraction of sp³-hybridized carbons (Fsp3) is 0.150. The summed E-state index contributed by atoms with van der Waals surface area (Å²) in [6.45, 7) is 0.177. The van der Waals surface area contributed by atoms with Gasteiger partial charge in [0.05, 0.1) is 6.10 Å². The Bertz CT molecular complexity index is 866. The number of carbonyl (C=O) groups excluding carboxylic acids is 1. The van der Waals surface area contributed by atoms with E-state index in [1.54, 1.807) is 6.08 Å². The predicted molar refractivity (Wildman–Crippen MR) is 96.4 cm³/mol. The number of nitrogens with zero attached hydrogens (tertiary/aromatic N) is 1. The second-order valence-electron chi connectivity index (χ2n) is 5.75. The molecule has 1 aromatic heterocycles. The molecule has 2 aromatic carbocycles. The number of aliphatic hydroxyl groups excluding tert-OH is 1. The number of nitrogens with one attached hydrogen (secondary N) is 1. The number of hydrogen-bond donors (Lipinski definition) is 2. The molecule has 122 valence electrons. The quantitative estimate of drug-likeness (QED) is 0.710. The first-order chi connectivity index (χ1) is 11.6. The number of fused-ring (bicyclic) bond motifs is 1. The molecule has 0 aliphatic carbocycles. The Balaban J connectivity index is 1.58. The van der Waals surface area contributed by atoms with Crippen LogP contribution in [0, 0.1) is 0 Å². The standard InChI is InChI=1S/C20H20N2O2/c1-22-12-11-16-13-17(8-9-18(16)22)19(23)14-21-20(24)10-7-15-5-3-2-4-6-15/h2-13,19,23H,14H2,1H3,(H,21,24). The van der Waals surface area contributed by atoms with Crippen LogP contribution in [0.15, 0.2) is 66.9 Å². The van der Waals surface area contributed by atoms with E-state index in [-0.39, 0.29) is 12.5 Å². The van der Waals surface area contributed by atoms with Crippen LogP contribution in [0.25, 0.3) is 17.0 Å². The molecule has 1 atom stereocenters. The van der Waals surface area contributed by atoms with Crippen LogP contribution >= 0.6 is 0 Å². The topological polar surface area (TPSA) is 54.3 Å². The molecule has 24 heavy (non-hydrogen) atoms. The molecule has 2 N–H and O–H groups in total. The van der Waals surface area contributed by atoms with Crippen LogP contribution in [0.5, 0.6) is 0 Å². The number of amides is 1. The van der Waals surface area contributed by atoms with Gasteiger partial charge in [0.15, 0.2) is 0 Å². The molecule has 0 saturated heterocycles. The average molecular weight is 320 g/mol. The van der Waals surface area contributed by atoms with Crippen LogP contribution in [0.4, 0.5) is 0 Å². The number of carbonyl (C=O) groups is 1. The summed E-state index contributed by atoms with van der Waals surface area (Å²) in [5, 5.41) is 14.1. The van der Waals surface area contributed by atoms with Crippen molar-refractivity contribution in [3.8, 4) is 0 Å². The summed E-state index contributed by atoms with van der Waals surface area (Å²) >= 11 is 0. The zero-order valence-corrected chi connectivity index (χ0v) is 13.5. The Morgan fingerprint density at radius 2 is 2.00 bits per heavy atom. The van der Waals surface area contributed by atoms with E-state index in [1.165, 1.54) is 6.08 Å². The van der Waals surface area contributed by atoms with Gasteiger partial charge in [0, 0.05) is 31.4 Å². The highest BCUT2D eigenvalue weighted by Crippen LogP contribution is 2.20. The van der Waals surface area contributed by atoms with Crippen LogP contribution in [0.3, 0.4) is 0 Å². The van der Waals surface area contributed by atoms with Crippen molar-refractivity contribution in [1.82, 2.24) is 9.88 Å². The summed E-state index contributed by atoms with van der Waals surface area (Å²) in [4.78, 5) is 11.9. The van der Waals surface area contributed by atoms with Crippen LogP contribution in [0.1, 0.15) is 17.2 Å². The Labute approximate surface area is 141 Å². The summed E-state index contributed by atoms with van der Waals surface area (Å²) in [6, 6.07) is 17.4. The van der Waals surface area contributed by atoms with Gasteiger partial charge in [-0.1, -0.05) is 36.4 Å². The molecule has 4 heteroatoms. The summed E-state index contributed by atoms with van der Waals surface area (Å²) in [5.41, 5.74) is 2.87. The van der Waals surface area contributed by atoms with Gasteiger partial charge < -0.3 is 15.0 Å². The van der Waals surface area contributed by atoms with E-state index < -0.39 is 6.10 Å². The second kappa shape index (κ2) is 7.15. The van der Waals surface area contributed by atoms with E-state index in [2.05, 4.69) is 5.32 Å². The van der Waals surface area contributed by atoms with Crippen molar-refractivity contribution in [3.63, 3.8) is 0 Å². The minimum atomic E-state index is -0.733. The van der Waals surface area contributed by atoms with E-state index in [0.29, 0.717) is 0 Å². The fourth-order valence-electron chi connectivity index (χ4n) is 2.62. The van der Waals surface area contributed by atoms with Crippen LogP contribution in [-0.4, -0.2) is 22.1 Å². The van der Waals surface area contributed by atoms with E-state index in [1.807, 2.05) is 72.4 Å². The minimum Gasteiger partial charge on any atom is -0.387 e. The molecule has 3 aromatic rings. The minimum absolute atomic E-state index is 0.177. The Kier molecular flexibility index (Phi) is 4.77. The van der Waals surface area contributed by atoms with Gasteiger partial charge in [-0.25, -0.2) is 0 Å². The van der Waals surface area contributed by atoms with Crippen LogP contribution in [-0.2, 0) is 11.8 Å². The van der Waals surface area contributed by atoms with Crippen molar-refractivity contribution >= 4 is 22.9 Å². The van der Waals surface area contributed by atoms with Gasteiger partial charge in [-0.05, 0) is 40.8 Å². The van der Waals surface area contributed by atoms with E-state index in [9.17, 15) is 9.90 Å². The van der Waals surface area contributed by atoms with Crippen molar-refractivity contribution < 1.29 is 9.90 Å². The number of aryl methyl sites for hydroxylation is 1. The molecule has 1 heterocycles. The summed E-state index contributed by atoms with van der Waals surface area (Å²) in [7, 11) is 1.98. The first-order valence-corrected chi connectivity index (χ1v) is 7.87. The monoisotopic (exact) mass is 320 g/mol. The molecule has 3 rings (SSSR count). The van der Waals surface area contributed by atoms with Crippen molar-refractivity contribution in [2.24, 2.45) is 7.05 Å². The lowest BCUT2D eigenvalue weighted by atomic mass is 10.1. The Morgan fingerprint density at radius 1 is 1.21 bits per heavy atom. The summed E-state index contributed by atoms with van der Waals surface area (Å²) in [5.74, 6) is -0.223. The third-order valence-corrected chi connectivity index (χ3v) is 3.99. The van der Waals surface area contributed by atoms with E-state index in [4.69, 9.17) is 0 Å². The van der Waals surface area contributed by atoms with Gasteiger partial charge in [0.2, 0.25) is 5.91 Å². The lowest BCUT2D eigenvalue weighted by molar-refractivity contribution is -0.116. The number of hydrogen-bond acceptors (Lipinski definition) is 2. The van der Waals surface area contributed by atoms with Gasteiger partial charge >= 0.3 is 0 Å². The van der Waals surface area contributed by atoms with Gasteiger partial charge in [-0.15, -0.1) is 0 Å². The number of aromatic nitrogens is 1. The third-order valence-electron chi connectivity index (χ3n) is 3.99. The smallest absolute Gasteiger partial charge is 0.244 e. The SMILES string of the molecule is Cn1ccc2cc(C(O)CNC(=O)C=Cc3ccccc3)ccc21. The lowest BCUT2D eigenvalue weighted by Gasteiger charge is -2.12. The number of aliphatic hydroxyl groups is 1. The van der Waals surface area contributed by atoms with E-state index in [0.717, 1.165) is 22.0 Å². The van der Waals surface area contributed by atoms with Crippen molar-refractivity contribution in [2.45, 2.75) is 6.10 Å². The average Bonchev–Trinajstić information content (AvgIpc) is 2.99. The highest BCUT2D eigenvalue weighted by molar-refractivity contribution is 5.91. The van der Waals surface area contributed by atoms with Gasteiger partial charge in [0.1, 0.15) is 0 Å². The van der Waals surface area contributed by atoms with Crippen LogP contribution < -0.4 is 5.32 Å². The lowest BCUT2D eigenvalue weighted by Crippen LogP contribution is -2.26. The molecule has 0 aliphatic rings. The molecule has 0 fully saturated rings. The first kappa shape index (κ1) is 16.0. The Morgan fingerprint density at radius 3 is 2.79 bits per heavy atom. The van der Waals surface area contributed by atoms with Crippen molar-refractivity contribution in [3.05, 3.63) is 78.0 Å². The molecule has 0 bridgehead atoms. The molecule has 0 saturated carbocycles. The molecule has 1 unspecified atom stereocenters. The molecule has 0 radical (unpaired) electrons. The van der Waals surface area contributed by atoms with Crippen molar-refractivity contribution in [1.29, 1.82) is 0 Å². The summed E-state index contributed by atoms with van der Waals surface area (Å²) in [6.07, 6.45) is 4.47. The first-order valence-electron chi connectivity index (χ1n) is 7.87. The maximum Gasteiger partial charge on any atom is 0.244 e. The van der Waals surface area contributed by atoms with Gasteiger partial charge in [-0.2, -0.15) is 0 Å². The molecular formula is C20H20N2O2. The van der Waals surface area contributed by atoms with Gasteiger partial charge in [-0.3, -0.25) is 4.79 Å². The number of rotatable bonds is 5. The number of benzene rings is 2. The largest absolute Gasteiger partial charge is 0.387 e. The Hall–Kier alpha value is -2.85. The molecule has 4 nitrogen and oxygen atoms in total. The molecule has 0 spiro atoms. The third kappa shape index (κ3) is 3.73. The predicted octanol–water partition coefficient (Wildman–Crippen LogP) is 3.04. The normalized spacial score (nSPS) is 12.6. The zero-order valence-electron chi connectivity index (χ0n) is 13.5. The maximum absolute atomic E-state index is 11.9. The van der Waals surface area contributed by atoms with E-state index >= 15 is 0 Å². The van der Waals surface area contributed by atoms with Gasteiger partial charge in [0.25, 0.3) is 0 Å². The fourth-order valence-corrected chi connectivity index (χ4v) is 2.62. The zero-order chi connectivity index (χ0) is 16.9. The molecular weight excluding hydrogens is 300 g/mol. The second-order valence-corrected chi connectivity index (χ2v) is 5.75. The molecule has 1 amide bonds. The van der Waals surface area contributed by atoms with Crippen molar-refractivity contribution in [2.75, 3.05) is 6.54 Å².